The molecule has 0 fully saturated rings. The molecule has 98 valence electrons. The molecular weight excluding hydrogens is 236 g/mol. The Hall–Kier alpha value is -2.16. The monoisotopic (exact) mass is 254 g/mol. The lowest BCUT2D eigenvalue weighted by Gasteiger charge is -2.31. The normalized spacial score (nSPS) is 14.1. The lowest BCUT2D eigenvalue weighted by atomic mass is 9.99. The summed E-state index contributed by atoms with van der Waals surface area (Å²) >= 11 is 0. The van der Waals surface area contributed by atoms with Crippen molar-refractivity contribution < 1.29 is 4.74 Å². The summed E-state index contributed by atoms with van der Waals surface area (Å²) in [5.74, 6) is 0.747. The molecule has 2 aromatic rings. The second-order valence-corrected chi connectivity index (χ2v) is 4.87. The van der Waals surface area contributed by atoms with Crippen LogP contribution in [0.4, 0.5) is 11.4 Å². The maximum Gasteiger partial charge on any atom is 0.143 e. The van der Waals surface area contributed by atoms with E-state index in [1.807, 2.05) is 12.1 Å². The number of nitrogens with zero attached hydrogens (tertiary/aromatic N) is 1. The molecule has 0 radical (unpaired) electrons. The van der Waals surface area contributed by atoms with Crippen molar-refractivity contribution in [1.82, 2.24) is 0 Å². The number of hydrogen-bond donors (Lipinski definition) is 1. The Morgan fingerprint density at radius 3 is 2.68 bits per heavy atom. The Balaban J connectivity index is 1.89. The van der Waals surface area contributed by atoms with Gasteiger partial charge in [-0.25, -0.2) is 0 Å². The second-order valence-electron chi connectivity index (χ2n) is 4.87. The highest BCUT2D eigenvalue weighted by molar-refractivity contribution is 5.63. The Morgan fingerprint density at radius 2 is 1.89 bits per heavy atom. The Kier molecular flexibility index (Phi) is 3.03. The van der Waals surface area contributed by atoms with E-state index in [4.69, 9.17) is 10.5 Å². The van der Waals surface area contributed by atoms with Crippen LogP contribution in [0.25, 0.3) is 0 Å². The fourth-order valence-corrected chi connectivity index (χ4v) is 2.61. The maximum absolute atomic E-state index is 5.86. The molecule has 0 bridgehead atoms. The molecular formula is C16H18N2O. The van der Waals surface area contributed by atoms with Gasteiger partial charge in [-0.2, -0.15) is 0 Å². The Morgan fingerprint density at radius 1 is 1.11 bits per heavy atom. The predicted octanol–water partition coefficient (Wildman–Crippen LogP) is 2.84. The summed E-state index contributed by atoms with van der Waals surface area (Å²) in [6, 6.07) is 14.6. The lowest BCUT2D eigenvalue weighted by molar-refractivity contribution is 0.417. The van der Waals surface area contributed by atoms with Gasteiger partial charge in [0.15, 0.2) is 0 Å². The van der Waals surface area contributed by atoms with Gasteiger partial charge in [-0.3, -0.25) is 0 Å². The summed E-state index contributed by atoms with van der Waals surface area (Å²) in [5, 5.41) is 0. The molecule has 0 atom stereocenters. The first-order valence-corrected chi connectivity index (χ1v) is 6.53. The molecule has 0 unspecified atom stereocenters. The molecule has 19 heavy (non-hydrogen) atoms. The molecule has 3 heteroatoms. The number of nitrogen functional groups attached to an aromatic ring is 1. The molecule has 0 amide bonds. The van der Waals surface area contributed by atoms with Gasteiger partial charge in [0.2, 0.25) is 0 Å². The smallest absolute Gasteiger partial charge is 0.143 e. The fourth-order valence-electron chi connectivity index (χ4n) is 2.61. The average molecular weight is 254 g/mol. The summed E-state index contributed by atoms with van der Waals surface area (Å²) in [7, 11) is 1.65. The highest BCUT2D eigenvalue weighted by atomic mass is 16.5. The van der Waals surface area contributed by atoms with Crippen molar-refractivity contribution in [1.29, 1.82) is 0 Å². The Bertz CT molecular complexity index is 595. The molecule has 3 nitrogen and oxygen atoms in total. The van der Waals surface area contributed by atoms with Gasteiger partial charge in [-0.15, -0.1) is 0 Å². The number of hydrogen-bond acceptors (Lipinski definition) is 3. The van der Waals surface area contributed by atoms with E-state index in [1.165, 1.54) is 16.8 Å². The second kappa shape index (κ2) is 4.84. The van der Waals surface area contributed by atoms with Crippen LogP contribution < -0.4 is 15.4 Å². The molecule has 2 aromatic carbocycles. The first-order valence-electron chi connectivity index (χ1n) is 6.53. The van der Waals surface area contributed by atoms with Crippen molar-refractivity contribution in [3.8, 4) is 5.75 Å². The van der Waals surface area contributed by atoms with E-state index in [2.05, 4.69) is 35.2 Å². The van der Waals surface area contributed by atoms with E-state index in [0.717, 1.165) is 25.3 Å². The van der Waals surface area contributed by atoms with E-state index in [9.17, 15) is 0 Å². The zero-order valence-electron chi connectivity index (χ0n) is 11.1. The highest BCUT2D eigenvalue weighted by Crippen LogP contribution is 2.30. The van der Waals surface area contributed by atoms with Gasteiger partial charge in [0.1, 0.15) is 5.75 Å². The van der Waals surface area contributed by atoms with Gasteiger partial charge in [0.25, 0.3) is 0 Å². The minimum Gasteiger partial charge on any atom is -0.495 e. The number of nitrogens with two attached hydrogens (primary N) is 1. The van der Waals surface area contributed by atoms with Gasteiger partial charge in [0.05, 0.1) is 12.8 Å². The zero-order valence-corrected chi connectivity index (χ0v) is 11.1. The number of fused-ring (bicyclic) bond motifs is 1. The van der Waals surface area contributed by atoms with E-state index >= 15 is 0 Å². The zero-order chi connectivity index (χ0) is 13.2. The van der Waals surface area contributed by atoms with Gasteiger partial charge < -0.3 is 15.4 Å². The summed E-state index contributed by atoms with van der Waals surface area (Å²) in [5.41, 5.74) is 10.6. The molecule has 2 N–H and O–H groups in total. The first kappa shape index (κ1) is 11.9. The van der Waals surface area contributed by atoms with Crippen molar-refractivity contribution in [2.75, 3.05) is 24.3 Å². The highest BCUT2D eigenvalue weighted by Gasteiger charge is 2.16. The SMILES string of the molecule is COc1cc(N2CCc3ccccc3C2)ccc1N. The van der Waals surface area contributed by atoms with Crippen LogP contribution in [0.3, 0.4) is 0 Å². The topological polar surface area (TPSA) is 38.5 Å². The molecule has 1 aliphatic rings. The third kappa shape index (κ3) is 2.24. The predicted molar refractivity (Wildman–Crippen MR) is 78.6 cm³/mol. The molecule has 1 heterocycles. The summed E-state index contributed by atoms with van der Waals surface area (Å²) in [6.07, 6.45) is 1.09. The van der Waals surface area contributed by atoms with Crippen LogP contribution in [0.15, 0.2) is 42.5 Å². The standard InChI is InChI=1S/C16H18N2O/c1-19-16-10-14(6-7-15(16)17)18-9-8-12-4-2-3-5-13(12)11-18/h2-7,10H,8-9,11,17H2,1H3. The van der Waals surface area contributed by atoms with Crippen LogP contribution in [0, 0.1) is 0 Å². The van der Waals surface area contributed by atoms with Crippen LogP contribution in [-0.2, 0) is 13.0 Å². The van der Waals surface area contributed by atoms with Crippen LogP contribution in [-0.4, -0.2) is 13.7 Å². The van der Waals surface area contributed by atoms with E-state index in [-0.39, 0.29) is 0 Å². The Labute approximate surface area is 113 Å². The van der Waals surface area contributed by atoms with Gasteiger partial charge in [0, 0.05) is 24.8 Å². The lowest BCUT2D eigenvalue weighted by Crippen LogP contribution is -2.30. The number of ether oxygens (including phenoxy) is 1. The van der Waals surface area contributed by atoms with Crippen LogP contribution in [0.5, 0.6) is 5.75 Å². The van der Waals surface area contributed by atoms with Crippen molar-refractivity contribution >= 4 is 11.4 Å². The average Bonchev–Trinajstić information content (AvgIpc) is 2.47. The minimum absolute atomic E-state index is 0.684. The van der Waals surface area contributed by atoms with Gasteiger partial charge >= 0.3 is 0 Å². The maximum atomic E-state index is 5.86. The van der Waals surface area contributed by atoms with E-state index in [0.29, 0.717) is 5.69 Å². The minimum atomic E-state index is 0.684. The summed E-state index contributed by atoms with van der Waals surface area (Å²) < 4.78 is 5.29. The molecule has 3 rings (SSSR count). The van der Waals surface area contributed by atoms with Crippen LogP contribution in [0.1, 0.15) is 11.1 Å². The van der Waals surface area contributed by atoms with E-state index in [1.54, 1.807) is 7.11 Å². The van der Waals surface area contributed by atoms with E-state index < -0.39 is 0 Å². The molecule has 0 spiro atoms. The third-order valence-electron chi connectivity index (χ3n) is 3.71. The van der Waals surface area contributed by atoms with Gasteiger partial charge in [-0.1, -0.05) is 24.3 Å². The molecule has 0 aliphatic carbocycles. The quantitative estimate of drug-likeness (QED) is 0.837. The number of benzene rings is 2. The largest absolute Gasteiger partial charge is 0.495 e. The third-order valence-corrected chi connectivity index (χ3v) is 3.71. The molecule has 1 aliphatic heterocycles. The molecule has 0 saturated heterocycles. The van der Waals surface area contributed by atoms with Crippen molar-refractivity contribution in [3.63, 3.8) is 0 Å². The van der Waals surface area contributed by atoms with Crippen molar-refractivity contribution in [3.05, 3.63) is 53.6 Å². The molecule has 0 aromatic heterocycles. The first-order chi connectivity index (χ1) is 9.28. The van der Waals surface area contributed by atoms with Gasteiger partial charge in [-0.05, 0) is 29.7 Å². The fraction of sp³-hybridized carbons (Fsp3) is 0.250. The number of anilines is 2. The van der Waals surface area contributed by atoms with Crippen molar-refractivity contribution in [2.24, 2.45) is 0 Å². The number of rotatable bonds is 2. The van der Waals surface area contributed by atoms with Crippen LogP contribution in [0.2, 0.25) is 0 Å². The summed E-state index contributed by atoms with van der Waals surface area (Å²) in [4.78, 5) is 2.37. The van der Waals surface area contributed by atoms with Crippen LogP contribution >= 0.6 is 0 Å². The number of methoxy groups -OCH3 is 1. The molecule has 0 saturated carbocycles. The summed E-state index contributed by atoms with van der Waals surface area (Å²) in [6.45, 7) is 1.98. The van der Waals surface area contributed by atoms with Crippen molar-refractivity contribution in [2.45, 2.75) is 13.0 Å².